The van der Waals surface area contributed by atoms with Crippen LogP contribution >= 0.6 is 0 Å². The standard InChI is InChI=1S/C13H33N5/c1-5-18(11-9-16-7-6-14-2)13-12-17(4)10-8-15-3/h14-16H,5-13H2,1-4H3. The second kappa shape index (κ2) is 13.2. The molecule has 0 aromatic heterocycles. The SMILES string of the molecule is CCN(CCNCCNC)CCN(C)CCNC. The normalized spacial score (nSPS) is 11.7. The molecule has 0 atom stereocenters. The van der Waals surface area contributed by atoms with Crippen LogP contribution in [0, 0.1) is 0 Å². The lowest BCUT2D eigenvalue weighted by Gasteiger charge is -2.24. The number of hydrogen-bond acceptors (Lipinski definition) is 5. The molecule has 0 unspecified atom stereocenters. The van der Waals surface area contributed by atoms with Crippen LogP contribution in [0.5, 0.6) is 0 Å². The van der Waals surface area contributed by atoms with Crippen molar-refractivity contribution in [2.45, 2.75) is 6.92 Å². The molecule has 0 rings (SSSR count). The van der Waals surface area contributed by atoms with Crippen LogP contribution < -0.4 is 16.0 Å². The van der Waals surface area contributed by atoms with Gasteiger partial charge in [0, 0.05) is 52.4 Å². The summed E-state index contributed by atoms with van der Waals surface area (Å²) in [5.74, 6) is 0. The van der Waals surface area contributed by atoms with E-state index in [2.05, 4.69) is 39.7 Å². The van der Waals surface area contributed by atoms with Gasteiger partial charge >= 0.3 is 0 Å². The van der Waals surface area contributed by atoms with Crippen LogP contribution in [-0.4, -0.2) is 89.8 Å². The van der Waals surface area contributed by atoms with E-state index in [9.17, 15) is 0 Å². The fraction of sp³-hybridized carbons (Fsp3) is 1.00. The Kier molecular flexibility index (Phi) is 13.1. The first kappa shape index (κ1) is 17.8. The van der Waals surface area contributed by atoms with Crippen molar-refractivity contribution in [1.82, 2.24) is 25.8 Å². The maximum absolute atomic E-state index is 3.45. The van der Waals surface area contributed by atoms with Gasteiger partial charge in [-0.15, -0.1) is 0 Å². The summed E-state index contributed by atoms with van der Waals surface area (Å²) in [5.41, 5.74) is 0. The Labute approximate surface area is 113 Å². The predicted octanol–water partition coefficient (Wildman–Crippen LogP) is -0.731. The zero-order valence-corrected chi connectivity index (χ0v) is 12.8. The molecule has 0 aliphatic rings. The predicted molar refractivity (Wildman–Crippen MR) is 80.3 cm³/mol. The van der Waals surface area contributed by atoms with Gasteiger partial charge in [-0.1, -0.05) is 6.92 Å². The lowest BCUT2D eigenvalue weighted by atomic mass is 10.4. The summed E-state index contributed by atoms with van der Waals surface area (Å²) in [7, 11) is 6.18. The van der Waals surface area contributed by atoms with Crippen LogP contribution in [0.4, 0.5) is 0 Å². The quantitative estimate of drug-likeness (QED) is 0.381. The van der Waals surface area contributed by atoms with E-state index in [1.807, 2.05) is 14.1 Å². The molecule has 3 N–H and O–H groups in total. The summed E-state index contributed by atoms with van der Waals surface area (Å²) in [6.45, 7) is 12.2. The van der Waals surface area contributed by atoms with Crippen molar-refractivity contribution in [1.29, 1.82) is 0 Å². The molecule has 0 amide bonds. The minimum absolute atomic E-state index is 1.04. The van der Waals surface area contributed by atoms with Gasteiger partial charge in [0.25, 0.3) is 0 Å². The Bertz CT molecular complexity index is 165. The third-order valence-corrected chi connectivity index (χ3v) is 3.15. The van der Waals surface area contributed by atoms with E-state index < -0.39 is 0 Å². The van der Waals surface area contributed by atoms with Gasteiger partial charge in [0.2, 0.25) is 0 Å². The van der Waals surface area contributed by atoms with Crippen molar-refractivity contribution in [2.75, 3.05) is 80.0 Å². The highest BCUT2D eigenvalue weighted by molar-refractivity contribution is 4.62. The first-order chi connectivity index (χ1) is 8.74. The lowest BCUT2D eigenvalue weighted by Crippen LogP contribution is -2.39. The van der Waals surface area contributed by atoms with Gasteiger partial charge < -0.3 is 25.8 Å². The van der Waals surface area contributed by atoms with E-state index in [0.29, 0.717) is 0 Å². The van der Waals surface area contributed by atoms with Crippen molar-refractivity contribution in [3.8, 4) is 0 Å². The zero-order chi connectivity index (χ0) is 13.6. The first-order valence-electron chi connectivity index (χ1n) is 7.15. The molecule has 0 aliphatic heterocycles. The Morgan fingerprint density at radius 1 is 0.778 bits per heavy atom. The Hall–Kier alpha value is -0.200. The van der Waals surface area contributed by atoms with Gasteiger partial charge in [-0.3, -0.25) is 0 Å². The average Bonchev–Trinajstić information content (AvgIpc) is 2.39. The van der Waals surface area contributed by atoms with Crippen molar-refractivity contribution >= 4 is 0 Å². The monoisotopic (exact) mass is 259 g/mol. The first-order valence-corrected chi connectivity index (χ1v) is 7.15. The van der Waals surface area contributed by atoms with Crippen LogP contribution in [0.25, 0.3) is 0 Å². The molecule has 0 saturated carbocycles. The maximum Gasteiger partial charge on any atom is 0.0110 e. The minimum atomic E-state index is 1.04. The second-order valence-corrected chi connectivity index (χ2v) is 4.69. The lowest BCUT2D eigenvalue weighted by molar-refractivity contribution is 0.233. The second-order valence-electron chi connectivity index (χ2n) is 4.69. The molecule has 0 heterocycles. The summed E-state index contributed by atoms with van der Waals surface area (Å²) in [6, 6.07) is 0. The van der Waals surface area contributed by atoms with Crippen LogP contribution in [0.1, 0.15) is 6.92 Å². The highest BCUT2D eigenvalue weighted by Gasteiger charge is 2.03. The molecule has 18 heavy (non-hydrogen) atoms. The number of nitrogens with zero attached hydrogens (tertiary/aromatic N) is 2. The number of nitrogens with one attached hydrogen (secondary N) is 3. The molecule has 5 heteroatoms. The molecule has 0 saturated heterocycles. The van der Waals surface area contributed by atoms with E-state index in [1.54, 1.807) is 0 Å². The highest BCUT2D eigenvalue weighted by Crippen LogP contribution is 1.89. The molecule has 0 fully saturated rings. The van der Waals surface area contributed by atoms with Crippen molar-refractivity contribution < 1.29 is 0 Å². The van der Waals surface area contributed by atoms with Gasteiger partial charge in [-0.05, 0) is 27.7 Å². The van der Waals surface area contributed by atoms with Gasteiger partial charge in [-0.2, -0.15) is 0 Å². The molecule has 0 aromatic carbocycles. The van der Waals surface area contributed by atoms with E-state index >= 15 is 0 Å². The number of likely N-dealkylation sites (N-methyl/N-ethyl adjacent to an activating group) is 4. The third kappa shape index (κ3) is 10.9. The van der Waals surface area contributed by atoms with E-state index in [4.69, 9.17) is 0 Å². The van der Waals surface area contributed by atoms with E-state index in [1.165, 1.54) is 0 Å². The Balaban J connectivity index is 3.50. The highest BCUT2D eigenvalue weighted by atomic mass is 15.2. The molecular weight excluding hydrogens is 226 g/mol. The largest absolute Gasteiger partial charge is 0.318 e. The van der Waals surface area contributed by atoms with E-state index in [-0.39, 0.29) is 0 Å². The maximum atomic E-state index is 3.45. The van der Waals surface area contributed by atoms with Crippen LogP contribution in [0.15, 0.2) is 0 Å². The Morgan fingerprint density at radius 2 is 1.50 bits per heavy atom. The van der Waals surface area contributed by atoms with Crippen LogP contribution in [0.2, 0.25) is 0 Å². The van der Waals surface area contributed by atoms with E-state index in [0.717, 1.165) is 58.9 Å². The molecule has 5 nitrogen and oxygen atoms in total. The molecular formula is C13H33N5. The van der Waals surface area contributed by atoms with Crippen molar-refractivity contribution in [3.05, 3.63) is 0 Å². The van der Waals surface area contributed by atoms with Crippen molar-refractivity contribution in [3.63, 3.8) is 0 Å². The summed E-state index contributed by atoms with van der Waals surface area (Å²) >= 11 is 0. The van der Waals surface area contributed by atoms with Gasteiger partial charge in [0.1, 0.15) is 0 Å². The minimum Gasteiger partial charge on any atom is -0.318 e. The fourth-order valence-corrected chi connectivity index (χ4v) is 1.73. The average molecular weight is 259 g/mol. The van der Waals surface area contributed by atoms with Crippen molar-refractivity contribution in [2.24, 2.45) is 0 Å². The number of hydrogen-bond donors (Lipinski definition) is 3. The molecule has 110 valence electrons. The summed E-state index contributed by atoms with van der Waals surface area (Å²) in [5, 5.41) is 9.77. The smallest absolute Gasteiger partial charge is 0.0110 e. The molecule has 0 bridgehead atoms. The van der Waals surface area contributed by atoms with Crippen LogP contribution in [0.3, 0.4) is 0 Å². The topological polar surface area (TPSA) is 42.6 Å². The fourth-order valence-electron chi connectivity index (χ4n) is 1.73. The summed E-state index contributed by atoms with van der Waals surface area (Å²) < 4.78 is 0. The molecule has 0 spiro atoms. The number of rotatable bonds is 13. The zero-order valence-electron chi connectivity index (χ0n) is 12.8. The van der Waals surface area contributed by atoms with Gasteiger partial charge in [-0.25, -0.2) is 0 Å². The Morgan fingerprint density at radius 3 is 2.11 bits per heavy atom. The molecule has 0 radical (unpaired) electrons. The molecule has 0 aromatic rings. The van der Waals surface area contributed by atoms with Crippen LogP contribution in [-0.2, 0) is 0 Å². The molecule has 0 aliphatic carbocycles. The third-order valence-electron chi connectivity index (χ3n) is 3.15. The summed E-state index contributed by atoms with van der Waals surface area (Å²) in [6.07, 6.45) is 0. The van der Waals surface area contributed by atoms with Gasteiger partial charge in [0.05, 0.1) is 0 Å². The summed E-state index contributed by atoms with van der Waals surface area (Å²) in [4.78, 5) is 4.88. The van der Waals surface area contributed by atoms with Gasteiger partial charge in [0.15, 0.2) is 0 Å².